The van der Waals surface area contributed by atoms with Gasteiger partial charge in [0.15, 0.2) is 0 Å². The SMILES string of the molecule is COC(O[Si](C)(C)C(C)(C)C)=C(C)C. The van der Waals surface area contributed by atoms with Crippen LogP contribution in [0.2, 0.25) is 18.1 Å². The van der Waals surface area contributed by atoms with Crippen molar-refractivity contribution in [1.82, 2.24) is 0 Å². The van der Waals surface area contributed by atoms with Crippen LogP contribution in [0.4, 0.5) is 0 Å². The summed E-state index contributed by atoms with van der Waals surface area (Å²) in [6.07, 6.45) is 0. The van der Waals surface area contributed by atoms with Crippen molar-refractivity contribution in [2.45, 2.75) is 52.8 Å². The van der Waals surface area contributed by atoms with Gasteiger partial charge in [0, 0.05) is 5.57 Å². The third-order valence-corrected chi connectivity index (χ3v) is 7.06. The number of rotatable bonds is 3. The van der Waals surface area contributed by atoms with Crippen molar-refractivity contribution in [3.63, 3.8) is 0 Å². The molecule has 0 spiro atoms. The minimum absolute atomic E-state index is 0.215. The van der Waals surface area contributed by atoms with Crippen LogP contribution >= 0.6 is 0 Å². The molecule has 14 heavy (non-hydrogen) atoms. The Morgan fingerprint density at radius 2 is 1.50 bits per heavy atom. The lowest BCUT2D eigenvalue weighted by molar-refractivity contribution is 0.136. The number of methoxy groups -OCH3 is 1. The summed E-state index contributed by atoms with van der Waals surface area (Å²) in [6, 6.07) is 0. The fourth-order valence-corrected chi connectivity index (χ4v) is 1.79. The van der Waals surface area contributed by atoms with Gasteiger partial charge in [-0.2, -0.15) is 0 Å². The summed E-state index contributed by atoms with van der Waals surface area (Å²) in [6.45, 7) is 15.1. The molecule has 0 heterocycles. The fraction of sp³-hybridized carbons (Fsp3) is 0.818. The van der Waals surface area contributed by atoms with Crippen molar-refractivity contribution in [2.75, 3.05) is 7.11 Å². The van der Waals surface area contributed by atoms with Gasteiger partial charge in [0.2, 0.25) is 0 Å². The summed E-state index contributed by atoms with van der Waals surface area (Å²) in [5.41, 5.74) is 1.09. The first kappa shape index (κ1) is 13.6. The van der Waals surface area contributed by atoms with Gasteiger partial charge in [0.1, 0.15) is 0 Å². The van der Waals surface area contributed by atoms with Crippen molar-refractivity contribution < 1.29 is 9.16 Å². The van der Waals surface area contributed by atoms with Gasteiger partial charge in [-0.15, -0.1) is 0 Å². The first-order chi connectivity index (χ1) is 6.12. The molecular weight excluding hydrogens is 192 g/mol. The highest BCUT2D eigenvalue weighted by Crippen LogP contribution is 2.38. The molecule has 3 heteroatoms. The Morgan fingerprint density at radius 1 is 1.07 bits per heavy atom. The summed E-state index contributed by atoms with van der Waals surface area (Å²) in [4.78, 5) is 0. The molecule has 0 rings (SSSR count). The van der Waals surface area contributed by atoms with Crippen LogP contribution in [0.15, 0.2) is 11.5 Å². The van der Waals surface area contributed by atoms with Crippen LogP contribution in [0.25, 0.3) is 0 Å². The van der Waals surface area contributed by atoms with E-state index >= 15 is 0 Å². The van der Waals surface area contributed by atoms with Crippen molar-refractivity contribution in [2.24, 2.45) is 0 Å². The summed E-state index contributed by atoms with van der Waals surface area (Å²) in [5, 5.41) is 0.215. The summed E-state index contributed by atoms with van der Waals surface area (Å²) >= 11 is 0. The van der Waals surface area contributed by atoms with Crippen molar-refractivity contribution in [3.05, 3.63) is 11.5 Å². The van der Waals surface area contributed by atoms with E-state index < -0.39 is 8.32 Å². The molecule has 0 aromatic heterocycles. The average Bonchev–Trinajstić information content (AvgIpc) is 1.97. The highest BCUT2D eigenvalue weighted by atomic mass is 28.4. The van der Waals surface area contributed by atoms with Crippen LogP contribution in [0.1, 0.15) is 34.6 Å². The third kappa shape index (κ3) is 3.37. The molecule has 0 saturated heterocycles. The highest BCUT2D eigenvalue weighted by molar-refractivity contribution is 6.74. The maximum Gasteiger partial charge on any atom is 0.263 e. The van der Waals surface area contributed by atoms with Gasteiger partial charge in [0.25, 0.3) is 14.3 Å². The molecule has 0 radical (unpaired) electrons. The summed E-state index contributed by atoms with van der Waals surface area (Å²) in [5.74, 6) is 0.691. The summed E-state index contributed by atoms with van der Waals surface area (Å²) < 4.78 is 11.2. The van der Waals surface area contributed by atoms with E-state index in [0.29, 0.717) is 5.95 Å². The van der Waals surface area contributed by atoms with Gasteiger partial charge < -0.3 is 9.16 Å². The lowest BCUT2D eigenvalue weighted by atomic mass is 10.2. The van der Waals surface area contributed by atoms with Crippen LogP contribution < -0.4 is 0 Å². The molecule has 0 aliphatic rings. The van der Waals surface area contributed by atoms with Crippen molar-refractivity contribution in [3.8, 4) is 0 Å². The molecule has 84 valence electrons. The zero-order chi connectivity index (χ0) is 11.6. The smallest absolute Gasteiger partial charge is 0.263 e. The van der Waals surface area contributed by atoms with Crippen molar-refractivity contribution in [1.29, 1.82) is 0 Å². The fourth-order valence-electron chi connectivity index (χ4n) is 0.733. The normalized spacial score (nSPS) is 12.3. The Balaban J connectivity index is 4.75. The number of ether oxygens (including phenoxy) is 1. The summed E-state index contributed by atoms with van der Waals surface area (Å²) in [7, 11) is -0.0724. The van der Waals surface area contributed by atoms with E-state index in [0.717, 1.165) is 5.57 Å². The molecular formula is C11H24O2Si. The second-order valence-corrected chi connectivity index (χ2v) is 10.1. The average molecular weight is 216 g/mol. The topological polar surface area (TPSA) is 18.5 Å². The van der Waals surface area contributed by atoms with E-state index in [2.05, 4.69) is 33.9 Å². The predicted octanol–water partition coefficient (Wildman–Crippen LogP) is 3.91. The van der Waals surface area contributed by atoms with E-state index in [-0.39, 0.29) is 5.04 Å². The van der Waals surface area contributed by atoms with Crippen LogP contribution in [-0.2, 0) is 9.16 Å². The highest BCUT2D eigenvalue weighted by Gasteiger charge is 2.39. The van der Waals surface area contributed by atoms with Gasteiger partial charge in [-0.05, 0) is 32.0 Å². The van der Waals surface area contributed by atoms with Crippen LogP contribution in [0.3, 0.4) is 0 Å². The Hall–Kier alpha value is -0.443. The van der Waals surface area contributed by atoms with E-state index in [1.807, 2.05) is 13.8 Å². The van der Waals surface area contributed by atoms with E-state index in [4.69, 9.17) is 9.16 Å². The number of hydrogen-bond donors (Lipinski definition) is 0. The molecule has 0 unspecified atom stereocenters. The van der Waals surface area contributed by atoms with Gasteiger partial charge in [0.05, 0.1) is 7.11 Å². The number of hydrogen-bond acceptors (Lipinski definition) is 2. The van der Waals surface area contributed by atoms with Crippen molar-refractivity contribution >= 4 is 8.32 Å². The minimum Gasteiger partial charge on any atom is -0.519 e. The van der Waals surface area contributed by atoms with Gasteiger partial charge >= 0.3 is 0 Å². The second kappa shape index (κ2) is 4.38. The lowest BCUT2D eigenvalue weighted by Gasteiger charge is -2.36. The Labute approximate surface area is 89.4 Å². The third-order valence-electron chi connectivity index (χ3n) is 2.75. The zero-order valence-corrected chi connectivity index (χ0v) is 11.8. The van der Waals surface area contributed by atoms with Crippen LogP contribution in [0, 0.1) is 0 Å². The lowest BCUT2D eigenvalue weighted by Crippen LogP contribution is -2.40. The molecule has 0 aromatic rings. The quantitative estimate of drug-likeness (QED) is 0.526. The molecule has 2 nitrogen and oxygen atoms in total. The molecule has 0 N–H and O–H groups in total. The maximum atomic E-state index is 6.01. The molecule has 0 aliphatic carbocycles. The standard InChI is InChI=1S/C11H24O2Si/c1-9(2)10(12-6)13-14(7,8)11(3,4)5/h1-8H3. The van der Waals surface area contributed by atoms with E-state index in [1.54, 1.807) is 7.11 Å². The number of allylic oxidation sites excluding steroid dienone is 1. The van der Waals surface area contributed by atoms with E-state index in [9.17, 15) is 0 Å². The van der Waals surface area contributed by atoms with E-state index in [1.165, 1.54) is 0 Å². The maximum absolute atomic E-state index is 6.01. The molecule has 0 fully saturated rings. The Morgan fingerprint density at radius 3 is 1.71 bits per heavy atom. The molecule has 0 bridgehead atoms. The minimum atomic E-state index is -1.73. The second-order valence-electron chi connectivity index (χ2n) is 5.35. The molecule has 0 aliphatic heterocycles. The first-order valence-electron chi connectivity index (χ1n) is 5.02. The predicted molar refractivity (Wildman–Crippen MR) is 63.7 cm³/mol. The zero-order valence-electron chi connectivity index (χ0n) is 10.8. The largest absolute Gasteiger partial charge is 0.519 e. The van der Waals surface area contributed by atoms with Gasteiger partial charge in [-0.3, -0.25) is 0 Å². The van der Waals surface area contributed by atoms with Crippen LogP contribution in [-0.4, -0.2) is 15.4 Å². The van der Waals surface area contributed by atoms with Gasteiger partial charge in [-0.1, -0.05) is 20.8 Å². The molecule has 0 amide bonds. The monoisotopic (exact) mass is 216 g/mol. The molecule has 0 saturated carbocycles. The van der Waals surface area contributed by atoms with Gasteiger partial charge in [-0.25, -0.2) is 0 Å². The molecule has 0 aromatic carbocycles. The Bertz CT molecular complexity index is 220. The first-order valence-corrected chi connectivity index (χ1v) is 7.93. The molecule has 0 atom stereocenters. The van der Waals surface area contributed by atoms with Crippen LogP contribution in [0.5, 0.6) is 0 Å². The Kier molecular flexibility index (Phi) is 4.25.